The first-order valence-electron chi connectivity index (χ1n) is 5.56. The largest absolute Gasteiger partial charge is 0.459 e. The van der Waals surface area contributed by atoms with E-state index in [1.165, 1.54) is 0 Å². The fourth-order valence-electron chi connectivity index (χ4n) is 1.17. The molecule has 0 aromatic heterocycles. The maximum atomic E-state index is 13.2. The first-order chi connectivity index (χ1) is 12.3. The number of hydrogen-bond donors (Lipinski definition) is 0. The van der Waals surface area contributed by atoms with E-state index in [-0.39, 0.29) is 0 Å². The van der Waals surface area contributed by atoms with Gasteiger partial charge < -0.3 is 4.74 Å². The normalized spacial score (nSPS) is 16.9. The SMILES string of the molecule is O=S(=O)(F)C(=C(F)OC(F)=C(C(F)(F)C(F)(F)F)S(=O)(=O)F)C(F)(F)C(F)(F)F. The highest BCUT2D eigenvalue weighted by Gasteiger charge is 2.68. The van der Waals surface area contributed by atoms with Crippen LogP contribution < -0.4 is 0 Å². The van der Waals surface area contributed by atoms with Gasteiger partial charge in [-0.3, -0.25) is 0 Å². The topological polar surface area (TPSA) is 77.5 Å². The van der Waals surface area contributed by atoms with Crippen molar-refractivity contribution in [1.29, 1.82) is 0 Å². The first-order valence-corrected chi connectivity index (χ1v) is 8.33. The maximum Gasteiger partial charge on any atom is 0.459 e. The third kappa shape index (κ3) is 5.63. The average Bonchev–Trinajstić information content (AvgIpc) is 2.30. The number of allylic oxidation sites excluding steroid dienone is 2. The van der Waals surface area contributed by atoms with Crippen molar-refractivity contribution in [3.8, 4) is 0 Å². The minimum atomic E-state index is -7.61. The lowest BCUT2D eigenvalue weighted by Crippen LogP contribution is -2.41. The molecule has 0 spiro atoms. The van der Waals surface area contributed by atoms with E-state index in [9.17, 15) is 77.3 Å². The lowest BCUT2D eigenvalue weighted by Gasteiger charge is -2.21. The highest BCUT2D eigenvalue weighted by molar-refractivity contribution is 7.90. The van der Waals surface area contributed by atoms with E-state index in [0.29, 0.717) is 0 Å². The van der Waals surface area contributed by atoms with Crippen LogP contribution in [0.1, 0.15) is 0 Å². The van der Waals surface area contributed by atoms with Gasteiger partial charge in [-0.1, -0.05) is 0 Å². The molecule has 0 saturated carbocycles. The molecule has 0 aromatic rings. The smallest absolute Gasteiger partial charge is 0.402 e. The summed E-state index contributed by atoms with van der Waals surface area (Å²) in [5, 5.41) is 0. The number of halogens is 14. The molecule has 0 saturated heterocycles. The van der Waals surface area contributed by atoms with Crippen molar-refractivity contribution in [3.63, 3.8) is 0 Å². The van der Waals surface area contributed by atoms with Crippen LogP contribution in [0.25, 0.3) is 0 Å². The summed E-state index contributed by atoms with van der Waals surface area (Å²) in [5.74, 6) is -14.3. The van der Waals surface area contributed by atoms with Gasteiger partial charge in [0.05, 0.1) is 0 Å². The summed E-state index contributed by atoms with van der Waals surface area (Å²) in [7, 11) is -15.2. The molecule has 0 amide bonds. The molecule has 0 N–H and O–H groups in total. The average molecular weight is 506 g/mol. The second-order valence-corrected chi connectivity index (χ2v) is 6.90. The Morgan fingerprint density at radius 1 is 0.552 bits per heavy atom. The van der Waals surface area contributed by atoms with Gasteiger partial charge in [-0.2, -0.15) is 69.5 Å². The van der Waals surface area contributed by atoms with Crippen molar-refractivity contribution in [2.75, 3.05) is 0 Å². The molecule has 0 aliphatic carbocycles. The highest BCUT2D eigenvalue weighted by Crippen LogP contribution is 2.48. The summed E-state index contributed by atoms with van der Waals surface area (Å²) in [4.78, 5) is -9.00. The maximum absolute atomic E-state index is 13.2. The molecule has 0 aliphatic rings. The van der Waals surface area contributed by atoms with Crippen molar-refractivity contribution in [2.45, 2.75) is 24.2 Å². The van der Waals surface area contributed by atoms with Gasteiger partial charge in [0.25, 0.3) is 0 Å². The van der Waals surface area contributed by atoms with Gasteiger partial charge in [0, 0.05) is 0 Å². The summed E-state index contributed by atoms with van der Waals surface area (Å²) >= 11 is 0. The Kier molecular flexibility index (Phi) is 7.00. The molecule has 5 nitrogen and oxygen atoms in total. The lowest BCUT2D eigenvalue weighted by atomic mass is 10.3. The molecule has 29 heavy (non-hydrogen) atoms. The minimum absolute atomic E-state index is 2.22. The molecule has 0 aliphatic heterocycles. The summed E-state index contributed by atoms with van der Waals surface area (Å²) in [6.07, 6.45) is -14.4. The third-order valence-corrected chi connectivity index (χ3v) is 4.12. The van der Waals surface area contributed by atoms with Gasteiger partial charge in [-0.25, -0.2) is 0 Å². The Balaban J connectivity index is 7.06. The van der Waals surface area contributed by atoms with Crippen LogP contribution in [0.5, 0.6) is 0 Å². The lowest BCUT2D eigenvalue weighted by molar-refractivity contribution is -0.263. The van der Waals surface area contributed by atoms with Crippen LogP contribution >= 0.6 is 0 Å². The molecular weight excluding hydrogens is 506 g/mol. The molecule has 0 unspecified atom stereocenters. The van der Waals surface area contributed by atoms with Gasteiger partial charge in [-0.15, -0.1) is 7.77 Å². The molecule has 0 heterocycles. The molecule has 0 atom stereocenters. The van der Waals surface area contributed by atoms with Crippen LogP contribution in [0.4, 0.5) is 60.5 Å². The Bertz CT molecular complexity index is 844. The van der Waals surface area contributed by atoms with Gasteiger partial charge in [0.1, 0.15) is 0 Å². The Labute approximate surface area is 149 Å². The fraction of sp³-hybridized carbons (Fsp3) is 0.500. The van der Waals surface area contributed by atoms with Gasteiger partial charge in [0.15, 0.2) is 0 Å². The quantitative estimate of drug-likeness (QED) is 0.306. The summed E-state index contributed by atoms with van der Waals surface area (Å²) in [6, 6.07) is -8.77. The number of alkyl halides is 10. The van der Waals surface area contributed by atoms with Gasteiger partial charge in [-0.05, 0) is 0 Å². The number of rotatable bonds is 6. The monoisotopic (exact) mass is 506 g/mol. The van der Waals surface area contributed by atoms with Crippen molar-refractivity contribution in [1.82, 2.24) is 0 Å². The molecule has 0 bridgehead atoms. The Hall–Kier alpha value is -1.80. The van der Waals surface area contributed by atoms with Crippen LogP contribution in [0, 0.1) is 0 Å². The van der Waals surface area contributed by atoms with Crippen LogP contribution in [0.15, 0.2) is 21.8 Å². The van der Waals surface area contributed by atoms with Crippen molar-refractivity contribution in [3.05, 3.63) is 21.8 Å². The van der Waals surface area contributed by atoms with E-state index >= 15 is 0 Å². The van der Waals surface area contributed by atoms with Crippen molar-refractivity contribution < 1.29 is 82.0 Å². The zero-order valence-corrected chi connectivity index (χ0v) is 13.8. The van der Waals surface area contributed by atoms with Crippen LogP contribution in [-0.2, 0) is 25.2 Å². The van der Waals surface area contributed by atoms with E-state index in [2.05, 4.69) is 4.74 Å². The highest BCUT2D eigenvalue weighted by atomic mass is 32.3. The number of hydrogen-bond acceptors (Lipinski definition) is 5. The summed E-state index contributed by atoms with van der Waals surface area (Å²) in [5.41, 5.74) is 0. The van der Waals surface area contributed by atoms with Crippen molar-refractivity contribution >= 4 is 20.4 Å². The Morgan fingerprint density at radius 3 is 0.897 bits per heavy atom. The van der Waals surface area contributed by atoms with Crippen molar-refractivity contribution in [2.24, 2.45) is 0 Å². The number of ether oxygens (including phenoxy) is 1. The van der Waals surface area contributed by atoms with Gasteiger partial charge in [0.2, 0.25) is 9.81 Å². The standard InChI is InChI=1S/C8F14O5S2/c9-3(1(28(21,23)24)5(11,12)7(15,16)17)27-4(10)2(29(22,25)26)6(13,14)8(18,19)20. The molecule has 172 valence electrons. The van der Waals surface area contributed by atoms with Gasteiger partial charge >= 0.3 is 56.7 Å². The van der Waals surface area contributed by atoms with Crippen LogP contribution in [0.3, 0.4) is 0 Å². The molecule has 21 heteroatoms. The van der Waals surface area contributed by atoms with E-state index in [1.54, 1.807) is 0 Å². The first kappa shape index (κ1) is 27.2. The predicted molar refractivity (Wildman–Crippen MR) is 59.4 cm³/mol. The summed E-state index contributed by atoms with van der Waals surface area (Å²) < 4.78 is 219. The van der Waals surface area contributed by atoms with Crippen LogP contribution in [-0.4, -0.2) is 41.0 Å². The third-order valence-electron chi connectivity index (χ3n) is 2.31. The molecule has 0 aromatic carbocycles. The summed E-state index contributed by atoms with van der Waals surface area (Å²) in [6.45, 7) is 0. The minimum Gasteiger partial charge on any atom is -0.402 e. The fourth-order valence-corrected chi connectivity index (χ4v) is 2.48. The predicted octanol–water partition coefficient (Wildman–Crippen LogP) is 4.27. The van der Waals surface area contributed by atoms with E-state index in [4.69, 9.17) is 0 Å². The van der Waals surface area contributed by atoms with Crippen LogP contribution in [0.2, 0.25) is 0 Å². The zero-order chi connectivity index (χ0) is 24.0. The molecule has 0 fully saturated rings. The second kappa shape index (κ2) is 7.47. The van der Waals surface area contributed by atoms with E-state index < -0.39 is 66.5 Å². The molecular formula is C8F14O5S2. The zero-order valence-electron chi connectivity index (χ0n) is 12.1. The van der Waals surface area contributed by atoms with E-state index in [1.807, 2.05) is 0 Å². The molecule has 0 rings (SSSR count). The molecule has 0 radical (unpaired) electrons. The van der Waals surface area contributed by atoms with E-state index in [0.717, 1.165) is 0 Å². The Morgan fingerprint density at radius 2 is 0.759 bits per heavy atom. The second-order valence-electron chi connectivity index (χ2n) is 4.33.